The zero-order valence-corrected chi connectivity index (χ0v) is 18.7. The summed E-state index contributed by atoms with van der Waals surface area (Å²) in [4.78, 5) is 13.6. The van der Waals surface area contributed by atoms with Crippen molar-refractivity contribution in [2.45, 2.75) is 58.5 Å². The fraction of sp³-hybridized carbons (Fsp3) is 0.458. The van der Waals surface area contributed by atoms with E-state index in [2.05, 4.69) is 70.9 Å². The third-order valence-electron chi connectivity index (χ3n) is 6.93. The summed E-state index contributed by atoms with van der Waals surface area (Å²) in [6.45, 7) is 8.44. The lowest BCUT2D eigenvalue weighted by atomic mass is 9.58. The average Bonchev–Trinajstić information content (AvgIpc) is 3.31. The van der Waals surface area contributed by atoms with Gasteiger partial charge in [-0.3, -0.25) is 4.79 Å². The lowest BCUT2D eigenvalue weighted by molar-refractivity contribution is -0.119. The Hall–Kier alpha value is -3.09. The minimum Gasteiger partial charge on any atom is -0.362 e. The molecular formula is C24H28N6O. The molecule has 1 N–H and O–H groups in total. The molecule has 7 heteroatoms. The summed E-state index contributed by atoms with van der Waals surface area (Å²) in [6.07, 6.45) is 3.77. The standard InChI is InChI=1S/C24H28N6O/c1-6-24(16-9-7-8-15(10-16)21-14(2)27-29-30(21)5)17-13-25-28-22(17)26-18-11-23(3,4)12-19(31)20(18)24/h7-10,13,22,26H,6,11-12H2,1-5H3/t22?,24-/m0/s1. The summed E-state index contributed by atoms with van der Waals surface area (Å²) in [7, 11) is 1.91. The highest BCUT2D eigenvalue weighted by atomic mass is 16.1. The second-order valence-electron chi connectivity index (χ2n) is 9.64. The van der Waals surface area contributed by atoms with Gasteiger partial charge in [-0.15, -0.1) is 5.10 Å². The Morgan fingerprint density at radius 2 is 2.06 bits per heavy atom. The Kier molecular flexibility index (Phi) is 4.29. The highest BCUT2D eigenvalue weighted by molar-refractivity contribution is 6.01. The fourth-order valence-electron chi connectivity index (χ4n) is 5.68. The predicted octanol–water partition coefficient (Wildman–Crippen LogP) is 4.36. The van der Waals surface area contributed by atoms with E-state index in [0.717, 1.165) is 52.2 Å². The van der Waals surface area contributed by atoms with E-state index in [1.165, 1.54) is 0 Å². The molecule has 31 heavy (non-hydrogen) atoms. The summed E-state index contributed by atoms with van der Waals surface area (Å²) in [5.74, 6) is 0.218. The first-order valence-corrected chi connectivity index (χ1v) is 10.9. The van der Waals surface area contributed by atoms with Crippen molar-refractivity contribution in [1.29, 1.82) is 0 Å². The second kappa shape index (κ2) is 6.70. The van der Waals surface area contributed by atoms with Crippen LogP contribution in [-0.2, 0) is 17.3 Å². The number of aryl methyl sites for hydroxylation is 2. The Labute approximate surface area is 182 Å². The summed E-state index contributed by atoms with van der Waals surface area (Å²) in [5, 5.41) is 20.6. The molecule has 0 radical (unpaired) electrons. The molecule has 1 unspecified atom stereocenters. The van der Waals surface area contributed by atoms with Crippen LogP contribution in [0.25, 0.3) is 11.3 Å². The van der Waals surface area contributed by atoms with Crippen molar-refractivity contribution in [3.8, 4) is 11.3 Å². The fourth-order valence-corrected chi connectivity index (χ4v) is 5.68. The molecular weight excluding hydrogens is 388 g/mol. The first-order valence-electron chi connectivity index (χ1n) is 10.9. The van der Waals surface area contributed by atoms with Gasteiger partial charge in [0.25, 0.3) is 0 Å². The lowest BCUT2D eigenvalue weighted by Crippen LogP contribution is -2.51. The van der Waals surface area contributed by atoms with Crippen LogP contribution in [0.15, 0.2) is 57.5 Å². The van der Waals surface area contributed by atoms with Gasteiger partial charge in [-0.25, -0.2) is 4.68 Å². The number of allylic oxidation sites excluding steroid dienone is 2. The molecule has 7 nitrogen and oxygen atoms in total. The van der Waals surface area contributed by atoms with Gasteiger partial charge in [-0.05, 0) is 36.8 Å². The number of rotatable bonds is 3. The smallest absolute Gasteiger partial charge is 0.164 e. The SMILES string of the molecule is CC[C@]1(c2cccc(-c3c(C)nnn3C)c2)C2=CN=NC2NC2=C1C(=O)CC(C)(C)C2. The summed E-state index contributed by atoms with van der Waals surface area (Å²) in [6, 6.07) is 8.46. The van der Waals surface area contributed by atoms with E-state index in [1.54, 1.807) is 4.68 Å². The van der Waals surface area contributed by atoms with Crippen LogP contribution >= 0.6 is 0 Å². The third kappa shape index (κ3) is 2.82. The molecule has 0 fully saturated rings. The van der Waals surface area contributed by atoms with Gasteiger partial charge in [0, 0.05) is 35.9 Å². The highest BCUT2D eigenvalue weighted by Gasteiger charge is 2.53. The number of hydrogen-bond acceptors (Lipinski definition) is 6. The lowest BCUT2D eigenvalue weighted by Gasteiger charge is -2.47. The maximum atomic E-state index is 13.6. The molecule has 3 heterocycles. The van der Waals surface area contributed by atoms with E-state index >= 15 is 0 Å². The molecule has 160 valence electrons. The molecule has 1 aliphatic carbocycles. The van der Waals surface area contributed by atoms with Crippen LogP contribution in [0, 0.1) is 12.3 Å². The summed E-state index contributed by atoms with van der Waals surface area (Å²) in [5.41, 5.74) is 6.36. The van der Waals surface area contributed by atoms with Gasteiger partial charge in [0.1, 0.15) is 0 Å². The number of azo groups is 1. The molecule has 0 amide bonds. The molecule has 2 atom stereocenters. The van der Waals surface area contributed by atoms with Crippen LogP contribution in [0.5, 0.6) is 0 Å². The van der Waals surface area contributed by atoms with Crippen molar-refractivity contribution in [2.24, 2.45) is 22.7 Å². The minimum atomic E-state index is -0.543. The predicted molar refractivity (Wildman–Crippen MR) is 118 cm³/mol. The number of aromatic nitrogens is 3. The van der Waals surface area contributed by atoms with Crippen molar-refractivity contribution < 1.29 is 4.79 Å². The van der Waals surface area contributed by atoms with Gasteiger partial charge in [0.2, 0.25) is 0 Å². The Balaban J connectivity index is 1.76. The van der Waals surface area contributed by atoms with Crippen LogP contribution in [0.1, 0.15) is 51.3 Å². The van der Waals surface area contributed by atoms with Gasteiger partial charge in [-0.2, -0.15) is 10.2 Å². The van der Waals surface area contributed by atoms with Crippen LogP contribution in [0.3, 0.4) is 0 Å². The minimum absolute atomic E-state index is 0.0707. The zero-order valence-electron chi connectivity index (χ0n) is 18.7. The number of ketones is 1. The number of nitrogens with one attached hydrogen (secondary N) is 1. The first-order chi connectivity index (χ1) is 14.8. The van der Waals surface area contributed by atoms with Crippen LogP contribution in [0.2, 0.25) is 0 Å². The van der Waals surface area contributed by atoms with Crippen molar-refractivity contribution in [1.82, 2.24) is 20.3 Å². The molecule has 2 aromatic rings. The molecule has 2 aliphatic heterocycles. The van der Waals surface area contributed by atoms with Gasteiger partial charge < -0.3 is 5.32 Å². The maximum absolute atomic E-state index is 13.6. The van der Waals surface area contributed by atoms with E-state index in [1.807, 2.05) is 20.2 Å². The molecule has 0 spiro atoms. The molecule has 0 bridgehead atoms. The van der Waals surface area contributed by atoms with E-state index in [9.17, 15) is 4.79 Å². The normalized spacial score (nSPS) is 26.4. The molecule has 0 saturated heterocycles. The quantitative estimate of drug-likeness (QED) is 0.806. The maximum Gasteiger partial charge on any atom is 0.164 e. The van der Waals surface area contributed by atoms with E-state index < -0.39 is 5.41 Å². The number of benzene rings is 1. The third-order valence-corrected chi connectivity index (χ3v) is 6.93. The van der Waals surface area contributed by atoms with Crippen LogP contribution < -0.4 is 5.32 Å². The number of carbonyl (C=O) groups excluding carboxylic acids is 1. The van der Waals surface area contributed by atoms with Gasteiger partial charge in [0.05, 0.1) is 23.0 Å². The number of nitrogens with zero attached hydrogens (tertiary/aromatic N) is 5. The van der Waals surface area contributed by atoms with Gasteiger partial charge in [0.15, 0.2) is 11.9 Å². The van der Waals surface area contributed by atoms with Crippen molar-refractivity contribution in [3.05, 3.63) is 58.6 Å². The van der Waals surface area contributed by atoms with E-state index in [-0.39, 0.29) is 17.4 Å². The number of Topliss-reactive ketones (excluding diaryl/α,β-unsaturated/α-hetero) is 1. The number of carbonyl (C=O) groups is 1. The monoisotopic (exact) mass is 416 g/mol. The average molecular weight is 417 g/mol. The van der Waals surface area contributed by atoms with E-state index in [0.29, 0.717) is 6.42 Å². The van der Waals surface area contributed by atoms with Crippen molar-refractivity contribution in [3.63, 3.8) is 0 Å². The van der Waals surface area contributed by atoms with Gasteiger partial charge in [-0.1, -0.05) is 44.2 Å². The summed E-state index contributed by atoms with van der Waals surface area (Å²) < 4.78 is 1.80. The highest BCUT2D eigenvalue weighted by Crippen LogP contribution is 2.54. The van der Waals surface area contributed by atoms with E-state index in [4.69, 9.17) is 0 Å². The Bertz CT molecular complexity index is 1160. The second-order valence-corrected chi connectivity index (χ2v) is 9.64. The molecule has 3 aliphatic rings. The zero-order chi connectivity index (χ0) is 22.0. The molecule has 1 aromatic carbocycles. The Morgan fingerprint density at radius 3 is 2.77 bits per heavy atom. The van der Waals surface area contributed by atoms with Gasteiger partial charge >= 0.3 is 0 Å². The topological polar surface area (TPSA) is 84.5 Å². The first kappa shape index (κ1) is 19.8. The Morgan fingerprint density at radius 1 is 1.26 bits per heavy atom. The number of hydrogen-bond donors (Lipinski definition) is 1. The molecule has 5 rings (SSSR count). The van der Waals surface area contributed by atoms with Crippen LogP contribution in [0.4, 0.5) is 0 Å². The number of fused-ring (bicyclic) bond motifs is 1. The van der Waals surface area contributed by atoms with Crippen LogP contribution in [-0.4, -0.2) is 26.9 Å². The summed E-state index contributed by atoms with van der Waals surface area (Å²) >= 11 is 0. The van der Waals surface area contributed by atoms with Crippen molar-refractivity contribution in [2.75, 3.05) is 0 Å². The largest absolute Gasteiger partial charge is 0.362 e. The molecule has 0 saturated carbocycles. The molecule has 1 aromatic heterocycles. The van der Waals surface area contributed by atoms with Crippen molar-refractivity contribution >= 4 is 5.78 Å².